The van der Waals surface area contributed by atoms with Crippen molar-refractivity contribution in [3.63, 3.8) is 0 Å². The van der Waals surface area contributed by atoms with Crippen molar-refractivity contribution in [1.29, 1.82) is 0 Å². The largest absolute Gasteiger partial charge is 0.367 e. The maximum atomic E-state index is 3.46. The van der Waals surface area contributed by atoms with Gasteiger partial charge in [0.25, 0.3) is 0 Å². The van der Waals surface area contributed by atoms with E-state index in [1.54, 1.807) is 0 Å². The molecule has 0 bridgehead atoms. The van der Waals surface area contributed by atoms with Gasteiger partial charge in [-0.1, -0.05) is 0 Å². The Bertz CT molecular complexity index is 296. The molecule has 2 heterocycles. The Morgan fingerprint density at radius 3 is 3.12 bits per heavy atom. The molecule has 2 unspecified atom stereocenters. The molecule has 16 heavy (non-hydrogen) atoms. The lowest BCUT2D eigenvalue weighted by Crippen LogP contribution is -2.50. The maximum absolute atomic E-state index is 3.46. The number of piperazine rings is 1. The topological polar surface area (TPSA) is 43.1 Å². The van der Waals surface area contributed by atoms with Crippen LogP contribution in [0.3, 0.4) is 0 Å². The Balaban J connectivity index is 1.95. The lowest BCUT2D eigenvalue weighted by molar-refractivity contribution is 0.178. The molecule has 0 spiro atoms. The van der Waals surface area contributed by atoms with Gasteiger partial charge in [-0.25, -0.2) is 0 Å². The molecule has 0 saturated carbocycles. The second kappa shape index (κ2) is 5.48. The molecule has 4 heteroatoms. The van der Waals surface area contributed by atoms with E-state index < -0.39 is 0 Å². The predicted molar refractivity (Wildman–Crippen MR) is 66.5 cm³/mol. The van der Waals surface area contributed by atoms with Crippen molar-refractivity contribution in [1.82, 2.24) is 20.5 Å². The van der Waals surface area contributed by atoms with Crippen LogP contribution in [0.2, 0.25) is 0 Å². The van der Waals surface area contributed by atoms with E-state index in [1.165, 1.54) is 5.56 Å². The number of hydrogen-bond acceptors (Lipinski definition) is 3. The molecular weight excluding hydrogens is 200 g/mol. The minimum atomic E-state index is 0.443. The van der Waals surface area contributed by atoms with Crippen molar-refractivity contribution < 1.29 is 0 Å². The van der Waals surface area contributed by atoms with Gasteiger partial charge in [0.15, 0.2) is 0 Å². The third-order valence-corrected chi connectivity index (χ3v) is 3.53. The Labute approximate surface area is 97.4 Å². The van der Waals surface area contributed by atoms with Gasteiger partial charge in [-0.15, -0.1) is 0 Å². The van der Waals surface area contributed by atoms with Gasteiger partial charge in [-0.05, 0) is 32.1 Å². The summed E-state index contributed by atoms with van der Waals surface area (Å²) < 4.78 is 0. The SMILES string of the molecule is CNC(CC1CNCCN1C)c1cc[nH]c1. The lowest BCUT2D eigenvalue weighted by atomic mass is 10.00. The highest BCUT2D eigenvalue weighted by molar-refractivity contribution is 5.14. The van der Waals surface area contributed by atoms with Crippen LogP contribution in [0.1, 0.15) is 18.0 Å². The highest BCUT2D eigenvalue weighted by Gasteiger charge is 2.22. The van der Waals surface area contributed by atoms with E-state index in [9.17, 15) is 0 Å². The first-order valence-electron chi connectivity index (χ1n) is 6.02. The van der Waals surface area contributed by atoms with Crippen molar-refractivity contribution >= 4 is 0 Å². The average molecular weight is 222 g/mol. The van der Waals surface area contributed by atoms with Gasteiger partial charge in [0.05, 0.1) is 0 Å². The summed E-state index contributed by atoms with van der Waals surface area (Å²) in [5.41, 5.74) is 1.35. The second-order valence-corrected chi connectivity index (χ2v) is 4.56. The molecule has 1 saturated heterocycles. The molecule has 1 fully saturated rings. The Kier molecular flexibility index (Phi) is 3.98. The van der Waals surface area contributed by atoms with Crippen molar-refractivity contribution in [3.8, 4) is 0 Å². The lowest BCUT2D eigenvalue weighted by Gasteiger charge is -2.35. The molecule has 4 nitrogen and oxygen atoms in total. The minimum Gasteiger partial charge on any atom is -0.367 e. The first-order chi connectivity index (χ1) is 7.81. The highest BCUT2D eigenvalue weighted by atomic mass is 15.2. The number of nitrogens with zero attached hydrogens (tertiary/aromatic N) is 1. The van der Waals surface area contributed by atoms with E-state index in [0.29, 0.717) is 12.1 Å². The zero-order chi connectivity index (χ0) is 11.4. The number of hydrogen-bond donors (Lipinski definition) is 3. The van der Waals surface area contributed by atoms with Crippen LogP contribution in [0.15, 0.2) is 18.5 Å². The number of nitrogens with one attached hydrogen (secondary N) is 3. The summed E-state index contributed by atoms with van der Waals surface area (Å²) in [4.78, 5) is 5.58. The number of aromatic nitrogens is 1. The van der Waals surface area contributed by atoms with E-state index in [4.69, 9.17) is 0 Å². The minimum absolute atomic E-state index is 0.443. The smallest absolute Gasteiger partial charge is 0.0347 e. The Hall–Kier alpha value is -0.840. The van der Waals surface area contributed by atoms with Crippen molar-refractivity contribution in [3.05, 3.63) is 24.0 Å². The predicted octanol–water partition coefficient (Wildman–Crippen LogP) is 0.569. The second-order valence-electron chi connectivity index (χ2n) is 4.56. The van der Waals surface area contributed by atoms with Crippen molar-refractivity contribution in [2.75, 3.05) is 33.7 Å². The van der Waals surface area contributed by atoms with Crippen molar-refractivity contribution in [2.24, 2.45) is 0 Å². The molecule has 2 rings (SSSR count). The summed E-state index contributed by atoms with van der Waals surface area (Å²) in [5, 5.41) is 6.86. The summed E-state index contributed by atoms with van der Waals surface area (Å²) in [6, 6.07) is 3.22. The molecule has 1 aromatic rings. The van der Waals surface area contributed by atoms with Gasteiger partial charge in [-0.3, -0.25) is 0 Å². The fourth-order valence-corrected chi connectivity index (χ4v) is 2.37. The summed E-state index contributed by atoms with van der Waals surface area (Å²) in [6.07, 6.45) is 5.22. The van der Waals surface area contributed by atoms with Crippen LogP contribution in [0, 0.1) is 0 Å². The van der Waals surface area contributed by atoms with Gasteiger partial charge in [0.1, 0.15) is 0 Å². The molecule has 0 amide bonds. The van der Waals surface area contributed by atoms with Crippen molar-refractivity contribution in [2.45, 2.75) is 18.5 Å². The van der Waals surface area contributed by atoms with Crippen LogP contribution in [0.25, 0.3) is 0 Å². The van der Waals surface area contributed by atoms with Crippen LogP contribution in [-0.4, -0.2) is 49.7 Å². The first kappa shape index (κ1) is 11.6. The molecule has 0 aromatic carbocycles. The molecular formula is C12H22N4. The monoisotopic (exact) mass is 222 g/mol. The average Bonchev–Trinajstić information content (AvgIpc) is 2.81. The maximum Gasteiger partial charge on any atom is 0.0347 e. The molecule has 0 aliphatic carbocycles. The molecule has 1 aliphatic rings. The van der Waals surface area contributed by atoms with Gasteiger partial charge in [0, 0.05) is 44.1 Å². The van der Waals surface area contributed by atoms with Gasteiger partial charge in [-0.2, -0.15) is 0 Å². The zero-order valence-electron chi connectivity index (χ0n) is 10.2. The number of H-pyrrole nitrogens is 1. The molecule has 2 atom stereocenters. The Morgan fingerprint density at radius 2 is 2.50 bits per heavy atom. The van der Waals surface area contributed by atoms with E-state index in [0.717, 1.165) is 26.1 Å². The van der Waals surface area contributed by atoms with Gasteiger partial charge >= 0.3 is 0 Å². The summed E-state index contributed by atoms with van der Waals surface area (Å²) in [5.74, 6) is 0. The number of aromatic amines is 1. The third-order valence-electron chi connectivity index (χ3n) is 3.53. The van der Waals surface area contributed by atoms with E-state index in [1.807, 2.05) is 13.2 Å². The quantitative estimate of drug-likeness (QED) is 0.698. The van der Waals surface area contributed by atoms with Gasteiger partial charge in [0.2, 0.25) is 0 Å². The molecule has 1 aromatic heterocycles. The standard InChI is InChI=1S/C12H22N4/c1-13-12(10-3-4-14-8-10)7-11-9-15-5-6-16(11)2/h3-4,8,11-15H,5-7,9H2,1-2H3. The van der Waals surface area contributed by atoms with Crippen LogP contribution in [0.5, 0.6) is 0 Å². The van der Waals surface area contributed by atoms with Crippen LogP contribution < -0.4 is 10.6 Å². The van der Waals surface area contributed by atoms with E-state index in [2.05, 4.69) is 39.8 Å². The fraction of sp³-hybridized carbons (Fsp3) is 0.667. The summed E-state index contributed by atoms with van der Waals surface area (Å²) >= 11 is 0. The number of rotatable bonds is 4. The number of likely N-dealkylation sites (N-methyl/N-ethyl adjacent to an activating group) is 1. The van der Waals surface area contributed by atoms with E-state index in [-0.39, 0.29) is 0 Å². The molecule has 3 N–H and O–H groups in total. The van der Waals surface area contributed by atoms with E-state index >= 15 is 0 Å². The zero-order valence-corrected chi connectivity index (χ0v) is 10.2. The summed E-state index contributed by atoms with van der Waals surface area (Å²) in [6.45, 7) is 3.36. The van der Waals surface area contributed by atoms with Gasteiger partial charge < -0.3 is 20.5 Å². The highest BCUT2D eigenvalue weighted by Crippen LogP contribution is 2.20. The third kappa shape index (κ3) is 2.64. The first-order valence-corrected chi connectivity index (χ1v) is 6.02. The molecule has 1 aliphatic heterocycles. The molecule has 0 radical (unpaired) electrons. The summed E-state index contributed by atoms with van der Waals surface area (Å²) in [7, 11) is 4.25. The fourth-order valence-electron chi connectivity index (χ4n) is 2.37. The molecule has 90 valence electrons. The Morgan fingerprint density at radius 1 is 1.62 bits per heavy atom. The van der Waals surface area contributed by atoms with Crippen LogP contribution in [-0.2, 0) is 0 Å². The normalized spacial score (nSPS) is 24.5. The van der Waals surface area contributed by atoms with Crippen LogP contribution in [0.4, 0.5) is 0 Å². The van der Waals surface area contributed by atoms with Crippen LogP contribution >= 0.6 is 0 Å².